The summed E-state index contributed by atoms with van der Waals surface area (Å²) in [5, 5.41) is 0.389. The summed E-state index contributed by atoms with van der Waals surface area (Å²) in [4.78, 5) is 5.64. The molecule has 1 aliphatic carbocycles. The van der Waals surface area contributed by atoms with Crippen LogP contribution in [0.5, 0.6) is 0 Å². The molecule has 3 nitrogen and oxygen atoms in total. The van der Waals surface area contributed by atoms with E-state index in [9.17, 15) is 8.42 Å². The predicted molar refractivity (Wildman–Crippen MR) is 74.5 cm³/mol. The Bertz CT molecular complexity index is 501. The van der Waals surface area contributed by atoms with Crippen LogP contribution in [0.4, 0.5) is 0 Å². The zero-order valence-electron chi connectivity index (χ0n) is 10.0. The molecule has 1 fully saturated rings. The lowest BCUT2D eigenvalue weighted by Crippen LogP contribution is -2.15. The maximum absolute atomic E-state index is 11.8. The van der Waals surface area contributed by atoms with E-state index in [4.69, 9.17) is 0 Å². The molecule has 0 aliphatic heterocycles. The Morgan fingerprint density at radius 1 is 1.47 bits per heavy atom. The first-order chi connectivity index (χ1) is 7.94. The maximum Gasteiger partial charge on any atom is 0.159 e. The number of aromatic nitrogens is 1. The van der Waals surface area contributed by atoms with Crippen molar-refractivity contribution in [1.82, 2.24) is 4.98 Å². The van der Waals surface area contributed by atoms with Crippen LogP contribution in [0.25, 0.3) is 0 Å². The zero-order valence-corrected chi connectivity index (χ0v) is 12.5. The Hall–Kier alpha value is -0.0700. The fourth-order valence-electron chi connectivity index (χ4n) is 1.60. The Morgan fingerprint density at radius 2 is 2.12 bits per heavy atom. The minimum Gasteiger partial charge on any atom is -0.245 e. The summed E-state index contributed by atoms with van der Waals surface area (Å²) < 4.78 is 23.7. The molecule has 1 heterocycles. The van der Waals surface area contributed by atoms with Crippen LogP contribution in [-0.2, 0) is 21.3 Å². The second-order valence-electron chi connectivity index (χ2n) is 4.70. The van der Waals surface area contributed by atoms with Gasteiger partial charge in [0.1, 0.15) is 10.8 Å². The van der Waals surface area contributed by atoms with Crippen molar-refractivity contribution in [2.45, 2.75) is 49.4 Å². The molecule has 96 valence electrons. The van der Waals surface area contributed by atoms with Gasteiger partial charge in [-0.25, -0.2) is 13.4 Å². The van der Waals surface area contributed by atoms with Crippen LogP contribution >= 0.6 is 24.0 Å². The van der Waals surface area contributed by atoms with Crippen LogP contribution < -0.4 is 0 Å². The van der Waals surface area contributed by atoms with Crippen molar-refractivity contribution in [3.05, 3.63) is 15.6 Å². The molecule has 1 aromatic rings. The summed E-state index contributed by atoms with van der Waals surface area (Å²) in [6.07, 6.45) is 2.36. The first-order valence-corrected chi connectivity index (χ1v) is 8.91. The number of hydrogen-bond acceptors (Lipinski definition) is 5. The molecular formula is C11H17NO2S3. The lowest BCUT2D eigenvalue weighted by molar-refractivity contribution is 0.586. The van der Waals surface area contributed by atoms with E-state index in [-0.39, 0.29) is 11.0 Å². The molecule has 1 aliphatic rings. The minimum absolute atomic E-state index is 0.0723. The molecule has 0 amide bonds. The SMILES string of the molecule is CC(C)S(=O)(=O)Cc1nc(C2CC2)c(CS)s1. The van der Waals surface area contributed by atoms with Crippen molar-refractivity contribution >= 4 is 33.8 Å². The van der Waals surface area contributed by atoms with Gasteiger partial charge in [-0.1, -0.05) is 0 Å². The van der Waals surface area contributed by atoms with Crippen LogP contribution in [0.2, 0.25) is 0 Å². The van der Waals surface area contributed by atoms with Gasteiger partial charge in [0, 0.05) is 16.5 Å². The first-order valence-electron chi connectivity index (χ1n) is 5.75. The van der Waals surface area contributed by atoms with Crippen LogP contribution in [0.1, 0.15) is 48.2 Å². The maximum atomic E-state index is 11.8. The molecule has 0 aromatic carbocycles. The van der Waals surface area contributed by atoms with Crippen LogP contribution in [0.15, 0.2) is 0 Å². The average Bonchev–Trinajstić information content (AvgIpc) is 3.00. The highest BCUT2D eigenvalue weighted by Crippen LogP contribution is 2.43. The minimum atomic E-state index is -3.05. The monoisotopic (exact) mass is 291 g/mol. The highest BCUT2D eigenvalue weighted by Gasteiger charge is 2.30. The summed E-state index contributed by atoms with van der Waals surface area (Å²) >= 11 is 5.79. The first kappa shape index (κ1) is 13.4. The zero-order chi connectivity index (χ0) is 12.6. The lowest BCUT2D eigenvalue weighted by atomic mass is 10.3. The average molecular weight is 291 g/mol. The van der Waals surface area contributed by atoms with Crippen LogP contribution in [0, 0.1) is 0 Å². The van der Waals surface area contributed by atoms with Crippen molar-refractivity contribution in [2.75, 3.05) is 0 Å². The van der Waals surface area contributed by atoms with Crippen molar-refractivity contribution in [2.24, 2.45) is 0 Å². The summed E-state index contributed by atoms with van der Waals surface area (Å²) in [7, 11) is -3.05. The smallest absolute Gasteiger partial charge is 0.159 e. The molecule has 2 rings (SSSR count). The van der Waals surface area contributed by atoms with Crippen molar-refractivity contribution in [3.8, 4) is 0 Å². The van der Waals surface area contributed by atoms with Gasteiger partial charge in [0.2, 0.25) is 0 Å². The van der Waals surface area contributed by atoms with E-state index < -0.39 is 9.84 Å². The summed E-state index contributed by atoms with van der Waals surface area (Å²) in [5.74, 6) is 1.29. The second kappa shape index (κ2) is 4.90. The van der Waals surface area contributed by atoms with Crippen LogP contribution in [0.3, 0.4) is 0 Å². The van der Waals surface area contributed by atoms with E-state index in [2.05, 4.69) is 17.6 Å². The van der Waals surface area contributed by atoms with Gasteiger partial charge in [0.15, 0.2) is 9.84 Å². The van der Waals surface area contributed by atoms with E-state index >= 15 is 0 Å². The van der Waals surface area contributed by atoms with Gasteiger partial charge in [0.05, 0.1) is 10.9 Å². The van der Waals surface area contributed by atoms with Gasteiger partial charge in [-0.05, 0) is 26.7 Å². The van der Waals surface area contributed by atoms with Gasteiger partial charge >= 0.3 is 0 Å². The van der Waals surface area contributed by atoms with Gasteiger partial charge < -0.3 is 0 Å². The van der Waals surface area contributed by atoms with Crippen molar-refractivity contribution in [3.63, 3.8) is 0 Å². The summed E-state index contributed by atoms with van der Waals surface area (Å²) in [5.41, 5.74) is 1.10. The third-order valence-electron chi connectivity index (χ3n) is 2.92. The molecule has 0 unspecified atom stereocenters. The molecule has 17 heavy (non-hydrogen) atoms. The number of thiol groups is 1. The van der Waals surface area contributed by atoms with Gasteiger partial charge in [-0.2, -0.15) is 12.6 Å². The Morgan fingerprint density at radius 3 is 2.59 bits per heavy atom. The van der Waals surface area contributed by atoms with E-state index in [0.29, 0.717) is 11.7 Å². The number of nitrogens with zero attached hydrogens (tertiary/aromatic N) is 1. The molecule has 0 radical (unpaired) electrons. The highest BCUT2D eigenvalue weighted by molar-refractivity contribution is 7.91. The quantitative estimate of drug-likeness (QED) is 0.849. The standard InChI is InChI=1S/C11H17NO2S3/c1-7(2)17(13,14)6-10-12-11(8-3-4-8)9(5-15)16-10/h7-8,15H,3-6H2,1-2H3. The molecule has 0 atom stereocenters. The normalized spacial score (nSPS) is 16.7. The molecule has 6 heteroatoms. The Kier molecular flexibility index (Phi) is 3.85. The molecule has 1 aromatic heterocycles. The topological polar surface area (TPSA) is 47.0 Å². The summed E-state index contributed by atoms with van der Waals surface area (Å²) in [6, 6.07) is 0. The fourth-order valence-corrected chi connectivity index (χ4v) is 4.24. The molecular weight excluding hydrogens is 274 g/mol. The summed E-state index contributed by atoms with van der Waals surface area (Å²) in [6.45, 7) is 3.43. The van der Waals surface area contributed by atoms with Crippen LogP contribution in [-0.4, -0.2) is 18.7 Å². The third kappa shape index (κ3) is 3.03. The number of rotatable bonds is 5. The molecule has 0 spiro atoms. The third-order valence-corrected chi connectivity index (χ3v) is 6.82. The fraction of sp³-hybridized carbons (Fsp3) is 0.727. The van der Waals surface area contributed by atoms with E-state index in [1.807, 2.05) is 0 Å². The molecule has 0 saturated heterocycles. The van der Waals surface area contributed by atoms with Gasteiger partial charge in [-0.15, -0.1) is 11.3 Å². The predicted octanol–water partition coefficient (Wildman–Crippen LogP) is 2.77. The van der Waals surface area contributed by atoms with Crippen molar-refractivity contribution in [1.29, 1.82) is 0 Å². The lowest BCUT2D eigenvalue weighted by Gasteiger charge is -2.04. The molecule has 0 bridgehead atoms. The molecule has 0 N–H and O–H groups in total. The largest absolute Gasteiger partial charge is 0.245 e. The van der Waals surface area contributed by atoms with Gasteiger partial charge in [-0.3, -0.25) is 0 Å². The second-order valence-corrected chi connectivity index (χ2v) is 8.75. The number of hydrogen-bond donors (Lipinski definition) is 1. The highest BCUT2D eigenvalue weighted by atomic mass is 32.2. The van der Waals surface area contributed by atoms with Crippen molar-refractivity contribution < 1.29 is 8.42 Å². The Labute approximate surface area is 112 Å². The number of thiazole rings is 1. The number of sulfone groups is 1. The molecule has 1 saturated carbocycles. The van der Waals surface area contributed by atoms with E-state index in [1.165, 1.54) is 24.2 Å². The van der Waals surface area contributed by atoms with E-state index in [0.717, 1.165) is 15.6 Å². The Balaban J connectivity index is 2.22. The van der Waals surface area contributed by atoms with E-state index in [1.54, 1.807) is 13.8 Å². The van der Waals surface area contributed by atoms with Gasteiger partial charge in [0.25, 0.3) is 0 Å².